The zero-order valence-corrected chi connectivity index (χ0v) is 16.6. The number of ether oxygens (including phenoxy) is 1. The highest BCUT2D eigenvalue weighted by Gasteiger charge is 2.29. The van der Waals surface area contributed by atoms with E-state index in [1.807, 2.05) is 0 Å². The second-order valence-corrected chi connectivity index (χ2v) is 8.32. The van der Waals surface area contributed by atoms with Crippen molar-refractivity contribution >= 4 is 17.5 Å². The quantitative estimate of drug-likeness (QED) is 0.742. The van der Waals surface area contributed by atoms with Gasteiger partial charge in [-0.25, -0.2) is 0 Å². The van der Waals surface area contributed by atoms with E-state index in [1.165, 1.54) is 19.5 Å². The molecule has 1 saturated heterocycles. The summed E-state index contributed by atoms with van der Waals surface area (Å²) in [5.74, 6) is 2.08. The van der Waals surface area contributed by atoms with Gasteiger partial charge in [-0.2, -0.15) is 0 Å². The van der Waals surface area contributed by atoms with Gasteiger partial charge >= 0.3 is 0 Å². The Bertz CT molecular complexity index is 549. The van der Waals surface area contributed by atoms with Crippen LogP contribution in [-0.4, -0.2) is 42.6 Å². The number of hydrogen-bond acceptors (Lipinski definition) is 3. The number of nitrogens with one attached hydrogen (secondary N) is 1. The lowest BCUT2D eigenvalue weighted by Gasteiger charge is -2.35. The topological polar surface area (TPSA) is 41.6 Å². The van der Waals surface area contributed by atoms with E-state index in [0.717, 1.165) is 24.8 Å². The molecule has 1 aromatic rings. The fourth-order valence-electron chi connectivity index (χ4n) is 3.54. The number of carbonyl (C=O) groups is 1. The maximum absolute atomic E-state index is 12.4. The molecule has 1 fully saturated rings. The Balaban J connectivity index is 1.72. The van der Waals surface area contributed by atoms with Crippen LogP contribution in [0.2, 0.25) is 5.02 Å². The van der Waals surface area contributed by atoms with E-state index < -0.39 is 5.60 Å². The fraction of sp³-hybridized carbons (Fsp3) is 0.650. The first-order chi connectivity index (χ1) is 11.8. The molecule has 1 aromatic carbocycles. The van der Waals surface area contributed by atoms with Gasteiger partial charge in [0.1, 0.15) is 5.75 Å². The van der Waals surface area contributed by atoms with Crippen LogP contribution >= 0.6 is 11.6 Å². The SMILES string of the molecule is C[C@@H]1C[C@@H](C)CN(CCCNC(=O)C(C)(C)Oc2ccc(Cl)cc2)C1. The van der Waals surface area contributed by atoms with Gasteiger partial charge in [0.25, 0.3) is 5.91 Å². The van der Waals surface area contributed by atoms with Gasteiger partial charge < -0.3 is 15.0 Å². The smallest absolute Gasteiger partial charge is 0.263 e. The molecule has 0 aromatic heterocycles. The standard InChI is InChI=1S/C20H31ClN2O2/c1-15-12-16(2)14-23(13-15)11-5-10-22-19(24)20(3,4)25-18-8-6-17(21)7-9-18/h6-9,15-16H,5,10-14H2,1-4H3,(H,22,24)/t15-,16-/m1/s1. The molecule has 1 amide bonds. The zero-order valence-electron chi connectivity index (χ0n) is 15.8. The summed E-state index contributed by atoms with van der Waals surface area (Å²) in [4.78, 5) is 14.9. The molecule has 4 nitrogen and oxygen atoms in total. The number of carbonyl (C=O) groups excluding carboxylic acids is 1. The maximum atomic E-state index is 12.4. The van der Waals surface area contributed by atoms with Crippen LogP contribution in [0, 0.1) is 11.8 Å². The second-order valence-electron chi connectivity index (χ2n) is 7.88. The number of likely N-dealkylation sites (tertiary alicyclic amines) is 1. The predicted molar refractivity (Wildman–Crippen MR) is 103 cm³/mol. The van der Waals surface area contributed by atoms with Gasteiger partial charge in [0.2, 0.25) is 0 Å². The highest BCUT2D eigenvalue weighted by molar-refractivity contribution is 6.30. The molecular weight excluding hydrogens is 336 g/mol. The minimum absolute atomic E-state index is 0.0946. The Morgan fingerprint density at radius 2 is 1.84 bits per heavy atom. The van der Waals surface area contributed by atoms with Gasteiger partial charge in [0.05, 0.1) is 0 Å². The number of benzene rings is 1. The van der Waals surface area contributed by atoms with Crippen LogP contribution in [0.25, 0.3) is 0 Å². The van der Waals surface area contributed by atoms with Crippen molar-refractivity contribution in [3.05, 3.63) is 29.3 Å². The zero-order chi connectivity index (χ0) is 18.4. The molecule has 5 heteroatoms. The Morgan fingerprint density at radius 3 is 2.44 bits per heavy atom. The molecule has 25 heavy (non-hydrogen) atoms. The lowest BCUT2D eigenvalue weighted by atomic mass is 9.92. The summed E-state index contributed by atoms with van der Waals surface area (Å²) in [7, 11) is 0. The van der Waals surface area contributed by atoms with Crippen LogP contribution in [0.4, 0.5) is 0 Å². The van der Waals surface area contributed by atoms with Gasteiger partial charge in [-0.1, -0.05) is 25.4 Å². The van der Waals surface area contributed by atoms with E-state index in [4.69, 9.17) is 16.3 Å². The molecule has 0 saturated carbocycles. The van der Waals surface area contributed by atoms with Crippen LogP contribution in [0.15, 0.2) is 24.3 Å². The van der Waals surface area contributed by atoms with Crippen LogP contribution in [0.5, 0.6) is 5.75 Å². The summed E-state index contributed by atoms with van der Waals surface area (Å²) < 4.78 is 5.81. The van der Waals surface area contributed by atoms with Crippen LogP contribution in [-0.2, 0) is 4.79 Å². The third-order valence-corrected chi connectivity index (χ3v) is 4.87. The van der Waals surface area contributed by atoms with Crippen molar-refractivity contribution in [3.8, 4) is 5.75 Å². The molecule has 0 bridgehead atoms. The molecule has 1 aliphatic rings. The molecule has 0 radical (unpaired) electrons. The first kappa shape index (κ1) is 20.1. The Hall–Kier alpha value is -1.26. The molecule has 1 N–H and O–H groups in total. The summed E-state index contributed by atoms with van der Waals surface area (Å²) in [6.07, 6.45) is 2.28. The number of nitrogens with zero attached hydrogens (tertiary/aromatic N) is 1. The van der Waals surface area contributed by atoms with E-state index in [-0.39, 0.29) is 5.91 Å². The molecule has 140 valence electrons. The normalized spacial score (nSPS) is 21.8. The van der Waals surface area contributed by atoms with E-state index in [1.54, 1.807) is 38.1 Å². The molecule has 0 spiro atoms. The van der Waals surface area contributed by atoms with Gasteiger partial charge in [-0.15, -0.1) is 0 Å². The predicted octanol–water partition coefficient (Wildman–Crippen LogP) is 3.98. The molecule has 1 heterocycles. The van der Waals surface area contributed by atoms with Gasteiger partial charge in [0, 0.05) is 24.7 Å². The Kier molecular flexibility index (Phi) is 7.14. The monoisotopic (exact) mass is 366 g/mol. The summed E-state index contributed by atoms with van der Waals surface area (Å²) in [6.45, 7) is 12.3. The molecule has 0 aliphatic carbocycles. The summed E-state index contributed by atoms with van der Waals surface area (Å²) in [6, 6.07) is 7.06. The van der Waals surface area contributed by atoms with E-state index in [0.29, 0.717) is 17.3 Å². The highest BCUT2D eigenvalue weighted by atomic mass is 35.5. The fourth-order valence-corrected chi connectivity index (χ4v) is 3.66. The number of halogens is 1. The minimum Gasteiger partial charge on any atom is -0.478 e. The summed E-state index contributed by atoms with van der Waals surface area (Å²) in [5, 5.41) is 3.65. The largest absolute Gasteiger partial charge is 0.478 e. The summed E-state index contributed by atoms with van der Waals surface area (Å²) >= 11 is 5.87. The second kappa shape index (κ2) is 8.91. The third-order valence-electron chi connectivity index (χ3n) is 4.61. The maximum Gasteiger partial charge on any atom is 0.263 e. The van der Waals surface area contributed by atoms with E-state index in [2.05, 4.69) is 24.1 Å². The van der Waals surface area contributed by atoms with E-state index in [9.17, 15) is 4.79 Å². The van der Waals surface area contributed by atoms with Gasteiger partial charge in [0.15, 0.2) is 5.60 Å². The van der Waals surface area contributed by atoms with Crippen molar-refractivity contribution < 1.29 is 9.53 Å². The molecule has 2 rings (SSSR count). The Labute approximate surface area is 156 Å². The van der Waals surface area contributed by atoms with Gasteiger partial charge in [-0.3, -0.25) is 4.79 Å². The van der Waals surface area contributed by atoms with Crippen molar-refractivity contribution in [3.63, 3.8) is 0 Å². The number of rotatable bonds is 7. The number of amides is 1. The van der Waals surface area contributed by atoms with Crippen molar-refractivity contribution in [2.45, 2.75) is 46.1 Å². The summed E-state index contributed by atoms with van der Waals surface area (Å²) in [5.41, 5.74) is -0.915. The number of hydrogen-bond donors (Lipinski definition) is 1. The lowest BCUT2D eigenvalue weighted by Crippen LogP contribution is -2.47. The third kappa shape index (κ3) is 6.52. The van der Waals surface area contributed by atoms with Crippen LogP contribution < -0.4 is 10.1 Å². The van der Waals surface area contributed by atoms with Crippen molar-refractivity contribution in [2.24, 2.45) is 11.8 Å². The molecular formula is C20H31ClN2O2. The highest BCUT2D eigenvalue weighted by Crippen LogP contribution is 2.22. The van der Waals surface area contributed by atoms with Crippen LogP contribution in [0.1, 0.15) is 40.5 Å². The average molecular weight is 367 g/mol. The first-order valence-corrected chi connectivity index (χ1v) is 9.59. The minimum atomic E-state index is -0.915. The number of piperidine rings is 1. The Morgan fingerprint density at radius 1 is 1.24 bits per heavy atom. The van der Waals surface area contributed by atoms with Crippen molar-refractivity contribution in [1.82, 2.24) is 10.2 Å². The van der Waals surface area contributed by atoms with Crippen molar-refractivity contribution in [2.75, 3.05) is 26.2 Å². The van der Waals surface area contributed by atoms with Gasteiger partial charge in [-0.05, 0) is 69.3 Å². The van der Waals surface area contributed by atoms with Crippen molar-refractivity contribution in [1.29, 1.82) is 0 Å². The molecule has 2 atom stereocenters. The first-order valence-electron chi connectivity index (χ1n) is 9.21. The lowest BCUT2D eigenvalue weighted by molar-refractivity contribution is -0.134. The van der Waals surface area contributed by atoms with Crippen LogP contribution in [0.3, 0.4) is 0 Å². The average Bonchev–Trinajstić information content (AvgIpc) is 2.52. The van der Waals surface area contributed by atoms with E-state index >= 15 is 0 Å². The molecule has 1 aliphatic heterocycles. The molecule has 0 unspecified atom stereocenters.